The summed E-state index contributed by atoms with van der Waals surface area (Å²) >= 11 is 10.0. The van der Waals surface area contributed by atoms with Crippen LogP contribution in [0, 0.1) is 0 Å². The summed E-state index contributed by atoms with van der Waals surface area (Å²) in [5, 5.41) is 0. The highest BCUT2D eigenvalue weighted by Crippen LogP contribution is 2.36. The number of rotatable bonds is 3. The van der Waals surface area contributed by atoms with Crippen LogP contribution < -0.4 is 4.90 Å². The number of ketones is 1. The fourth-order valence-electron chi connectivity index (χ4n) is 2.25. The zero-order valence-corrected chi connectivity index (χ0v) is 15.9. The summed E-state index contributed by atoms with van der Waals surface area (Å²) in [5.74, 6) is -0.162. The van der Waals surface area contributed by atoms with Crippen molar-refractivity contribution in [2.75, 3.05) is 4.90 Å². The summed E-state index contributed by atoms with van der Waals surface area (Å²) in [6.07, 6.45) is 1.83. The number of carbonyl (C=O) groups excluding carboxylic acids is 2. The fourth-order valence-corrected chi connectivity index (χ4v) is 3.81. The Kier molecular flexibility index (Phi) is 4.99. The zero-order valence-electron chi connectivity index (χ0n) is 12.7. The van der Waals surface area contributed by atoms with Gasteiger partial charge in [0.15, 0.2) is 10.1 Å². The number of thiocarbonyl (C=S) groups is 1. The van der Waals surface area contributed by atoms with Crippen LogP contribution in [0.25, 0.3) is 6.08 Å². The zero-order chi connectivity index (χ0) is 17.3. The van der Waals surface area contributed by atoms with E-state index in [4.69, 9.17) is 12.2 Å². The molecule has 1 aliphatic rings. The van der Waals surface area contributed by atoms with E-state index < -0.39 is 0 Å². The SMILES string of the molecule is CC(=O)c1ccc(N2C(=O)C(=Cc3ccc(Br)cc3)SC2=S)cc1. The van der Waals surface area contributed by atoms with Crippen LogP contribution >= 0.6 is 39.9 Å². The van der Waals surface area contributed by atoms with Gasteiger partial charge in [-0.3, -0.25) is 14.5 Å². The van der Waals surface area contributed by atoms with Gasteiger partial charge in [-0.25, -0.2) is 0 Å². The maximum atomic E-state index is 12.7. The molecule has 24 heavy (non-hydrogen) atoms. The Bertz CT molecular complexity index is 858. The minimum absolute atomic E-state index is 0.0120. The molecule has 1 saturated heterocycles. The van der Waals surface area contributed by atoms with Crippen molar-refractivity contribution < 1.29 is 9.59 Å². The van der Waals surface area contributed by atoms with E-state index in [1.807, 2.05) is 30.3 Å². The van der Waals surface area contributed by atoms with E-state index >= 15 is 0 Å². The topological polar surface area (TPSA) is 37.4 Å². The van der Waals surface area contributed by atoms with Gasteiger partial charge in [-0.15, -0.1) is 0 Å². The first kappa shape index (κ1) is 17.1. The first-order valence-electron chi connectivity index (χ1n) is 7.10. The van der Waals surface area contributed by atoms with Gasteiger partial charge < -0.3 is 0 Å². The van der Waals surface area contributed by atoms with E-state index in [1.165, 1.54) is 23.6 Å². The summed E-state index contributed by atoms with van der Waals surface area (Å²) in [6, 6.07) is 14.6. The number of amides is 1. The third-order valence-electron chi connectivity index (χ3n) is 3.49. The summed E-state index contributed by atoms with van der Waals surface area (Å²) in [5.41, 5.74) is 2.21. The van der Waals surface area contributed by atoms with Crippen LogP contribution in [0.5, 0.6) is 0 Å². The van der Waals surface area contributed by atoms with Crippen LogP contribution in [0.4, 0.5) is 5.69 Å². The maximum Gasteiger partial charge on any atom is 0.270 e. The molecule has 0 radical (unpaired) electrons. The number of anilines is 1. The Hall–Kier alpha value is -1.76. The van der Waals surface area contributed by atoms with Gasteiger partial charge >= 0.3 is 0 Å². The Morgan fingerprint density at radius 3 is 2.33 bits per heavy atom. The minimum Gasteiger partial charge on any atom is -0.295 e. The highest BCUT2D eigenvalue weighted by molar-refractivity contribution is 9.10. The molecule has 1 fully saturated rings. The van der Waals surface area contributed by atoms with Crippen molar-refractivity contribution in [1.82, 2.24) is 0 Å². The van der Waals surface area contributed by atoms with Gasteiger partial charge in [-0.1, -0.05) is 52.0 Å². The van der Waals surface area contributed by atoms with E-state index in [2.05, 4.69) is 15.9 Å². The minimum atomic E-state index is -0.150. The fraction of sp³-hybridized carbons (Fsp3) is 0.0556. The number of nitrogens with zero attached hydrogens (tertiary/aromatic N) is 1. The van der Waals surface area contributed by atoms with Gasteiger partial charge in [0, 0.05) is 10.0 Å². The Labute approximate surface area is 157 Å². The molecule has 1 amide bonds. The first-order chi connectivity index (χ1) is 11.5. The van der Waals surface area contributed by atoms with Crippen LogP contribution in [-0.4, -0.2) is 16.0 Å². The van der Waals surface area contributed by atoms with Crippen molar-refractivity contribution in [2.24, 2.45) is 0 Å². The van der Waals surface area contributed by atoms with Gasteiger partial charge in [-0.2, -0.15) is 0 Å². The lowest BCUT2D eigenvalue weighted by molar-refractivity contribution is -0.113. The van der Waals surface area contributed by atoms with Crippen molar-refractivity contribution in [2.45, 2.75) is 6.92 Å². The van der Waals surface area contributed by atoms with E-state index in [0.29, 0.717) is 20.5 Å². The smallest absolute Gasteiger partial charge is 0.270 e. The van der Waals surface area contributed by atoms with Crippen molar-refractivity contribution in [3.05, 3.63) is 69.0 Å². The molecular formula is C18H12BrNO2S2. The predicted octanol–water partition coefficient (Wildman–Crippen LogP) is 5.06. The van der Waals surface area contributed by atoms with Crippen LogP contribution in [0.1, 0.15) is 22.8 Å². The highest BCUT2D eigenvalue weighted by atomic mass is 79.9. The number of hydrogen-bond donors (Lipinski definition) is 0. The first-order valence-corrected chi connectivity index (χ1v) is 9.12. The molecule has 0 unspecified atom stereocenters. The molecular weight excluding hydrogens is 406 g/mol. The van der Waals surface area contributed by atoms with Gasteiger partial charge in [0.05, 0.1) is 10.6 Å². The molecule has 120 valence electrons. The number of carbonyl (C=O) groups is 2. The van der Waals surface area contributed by atoms with Crippen molar-refractivity contribution in [3.8, 4) is 0 Å². The van der Waals surface area contributed by atoms with Crippen molar-refractivity contribution >= 4 is 67.7 Å². The molecule has 0 aliphatic carbocycles. The van der Waals surface area contributed by atoms with Crippen LogP contribution in [-0.2, 0) is 4.79 Å². The highest BCUT2D eigenvalue weighted by Gasteiger charge is 2.33. The second-order valence-corrected chi connectivity index (χ2v) is 7.76. The molecule has 2 aromatic rings. The monoisotopic (exact) mass is 417 g/mol. The lowest BCUT2D eigenvalue weighted by Gasteiger charge is -2.14. The number of hydrogen-bond acceptors (Lipinski definition) is 4. The van der Waals surface area contributed by atoms with Gasteiger partial charge in [0.1, 0.15) is 0 Å². The predicted molar refractivity (Wildman–Crippen MR) is 106 cm³/mol. The quantitative estimate of drug-likeness (QED) is 0.397. The third kappa shape index (κ3) is 3.50. The standard InChI is InChI=1S/C18H12BrNO2S2/c1-11(21)13-4-8-15(9-5-13)20-17(22)16(24-18(20)23)10-12-2-6-14(19)7-3-12/h2-10H,1H3. The van der Waals surface area contributed by atoms with E-state index in [1.54, 1.807) is 24.3 Å². The van der Waals surface area contributed by atoms with E-state index in [0.717, 1.165) is 10.0 Å². The third-order valence-corrected chi connectivity index (χ3v) is 5.32. The summed E-state index contributed by atoms with van der Waals surface area (Å²) in [7, 11) is 0. The Morgan fingerprint density at radius 2 is 1.75 bits per heavy atom. The number of benzene rings is 2. The number of Topliss-reactive ketones (excluding diaryl/α,β-unsaturated/α-hetero) is 1. The van der Waals surface area contributed by atoms with Crippen molar-refractivity contribution in [1.29, 1.82) is 0 Å². The van der Waals surface area contributed by atoms with Gasteiger partial charge in [0.25, 0.3) is 5.91 Å². The summed E-state index contributed by atoms with van der Waals surface area (Å²) in [4.78, 5) is 26.1. The molecule has 3 rings (SSSR count). The molecule has 0 spiro atoms. The molecule has 1 aliphatic heterocycles. The molecule has 0 N–H and O–H groups in total. The lowest BCUT2D eigenvalue weighted by atomic mass is 10.1. The van der Waals surface area contributed by atoms with Gasteiger partial charge in [-0.05, 0) is 55.0 Å². The van der Waals surface area contributed by atoms with Crippen LogP contribution in [0.2, 0.25) is 0 Å². The normalized spacial score (nSPS) is 16.1. The van der Waals surface area contributed by atoms with E-state index in [9.17, 15) is 9.59 Å². The molecule has 3 nitrogen and oxygen atoms in total. The van der Waals surface area contributed by atoms with Gasteiger partial charge in [0.2, 0.25) is 0 Å². The largest absolute Gasteiger partial charge is 0.295 e. The molecule has 0 aromatic heterocycles. The van der Waals surface area contributed by atoms with E-state index in [-0.39, 0.29) is 11.7 Å². The average molecular weight is 418 g/mol. The van der Waals surface area contributed by atoms with Crippen molar-refractivity contribution in [3.63, 3.8) is 0 Å². The maximum absolute atomic E-state index is 12.7. The Balaban J connectivity index is 1.88. The van der Waals surface area contributed by atoms with Crippen LogP contribution in [0.15, 0.2) is 57.9 Å². The molecule has 2 aromatic carbocycles. The second-order valence-electron chi connectivity index (χ2n) is 5.17. The molecule has 6 heteroatoms. The molecule has 0 bridgehead atoms. The molecule has 1 heterocycles. The lowest BCUT2D eigenvalue weighted by Crippen LogP contribution is -2.27. The average Bonchev–Trinajstić information content (AvgIpc) is 2.83. The number of halogens is 1. The Morgan fingerprint density at radius 1 is 1.12 bits per heavy atom. The summed E-state index contributed by atoms with van der Waals surface area (Å²) in [6.45, 7) is 1.51. The second kappa shape index (κ2) is 7.01. The van der Waals surface area contributed by atoms with Crippen LogP contribution in [0.3, 0.4) is 0 Å². The number of thioether (sulfide) groups is 1. The summed E-state index contributed by atoms with van der Waals surface area (Å²) < 4.78 is 1.47. The molecule has 0 atom stereocenters. The molecule has 0 saturated carbocycles.